The Morgan fingerprint density at radius 1 is 0.419 bits per heavy atom. The van der Waals surface area contributed by atoms with Crippen LogP contribution in [0.3, 0.4) is 0 Å². The fourth-order valence-electron chi connectivity index (χ4n) is 17.5. The first-order chi connectivity index (χ1) is 61.9. The number of anilines is 4. The van der Waals surface area contributed by atoms with Gasteiger partial charge in [-0.05, 0) is 269 Å². The molecule has 1 amide bonds. The molecule has 1 saturated carbocycles. The first-order valence-corrected chi connectivity index (χ1v) is 51.6. The molecule has 12 aromatic rings. The van der Waals surface area contributed by atoms with Crippen molar-refractivity contribution in [2.45, 2.75) is 211 Å². The molecule has 8 aromatic carbocycles. The summed E-state index contributed by atoms with van der Waals surface area (Å²) in [7, 11) is -15.0. The number of benzene rings is 8. The highest BCUT2D eigenvalue weighted by Gasteiger charge is 2.38. The fraction of sp³-hybridized carbons (Fsp3) is 0.465. The van der Waals surface area contributed by atoms with Crippen molar-refractivity contribution < 1.29 is 57.1 Å². The third-order valence-corrected chi connectivity index (χ3v) is 32.5. The first-order valence-electron chi connectivity index (χ1n) is 45.9. The van der Waals surface area contributed by atoms with Crippen LogP contribution in [0.25, 0.3) is 43.6 Å². The van der Waals surface area contributed by atoms with Crippen molar-refractivity contribution in [3.8, 4) is 0 Å². The Hall–Kier alpha value is -10.1. The maximum atomic E-state index is 14.0. The average Bonchev–Trinajstić information content (AvgIpc) is 1.75. The SMILES string of the molecule is CCc1ccc(N(C2CCC2)S(=O)(=O)c2ccc3c(cnn3CC3CCOCC3)c2)cc1.CCc1ccc(N(CC(C)C)S(=O)(=O)c2ccc3c(cnn3C3CCN(C(C)=O)C3)c2)cc1.CCc1ccc(N(CC(C)C)S(=O)(=O)c2ccc3c(cnn3CC3CCOCC3)c2)cc1.Cc1ccc(F)cc1N(CC(C)C)S(=O)(=O)c1ccc2c(cnn2CC2CCOCC2)c1. The summed E-state index contributed by atoms with van der Waals surface area (Å²) < 4.78 is 154. The zero-order valence-corrected chi connectivity index (χ0v) is 79.6. The summed E-state index contributed by atoms with van der Waals surface area (Å²) in [6.45, 7) is 31.3. The minimum Gasteiger partial charge on any atom is -0.381 e. The summed E-state index contributed by atoms with van der Waals surface area (Å²) in [5.41, 5.74) is 10.5. The van der Waals surface area contributed by atoms with Gasteiger partial charge < -0.3 is 19.1 Å². The number of halogens is 1. The summed E-state index contributed by atoms with van der Waals surface area (Å²) >= 11 is 0. The van der Waals surface area contributed by atoms with Gasteiger partial charge in [-0.15, -0.1) is 0 Å². The van der Waals surface area contributed by atoms with Gasteiger partial charge in [0.1, 0.15) is 5.82 Å². The molecule has 690 valence electrons. The van der Waals surface area contributed by atoms with Crippen LogP contribution in [0, 0.1) is 48.2 Å². The number of rotatable bonds is 29. The van der Waals surface area contributed by atoms with Crippen molar-refractivity contribution in [3.63, 3.8) is 0 Å². The van der Waals surface area contributed by atoms with E-state index in [0.717, 1.165) is 199 Å². The highest BCUT2D eigenvalue weighted by molar-refractivity contribution is 7.93. The average molecular weight is 1840 g/mol. The second-order valence-electron chi connectivity index (χ2n) is 36.2. The van der Waals surface area contributed by atoms with Gasteiger partial charge in [-0.2, -0.15) is 20.4 Å². The van der Waals surface area contributed by atoms with Crippen LogP contribution in [0.2, 0.25) is 0 Å². The van der Waals surface area contributed by atoms with Crippen LogP contribution in [-0.4, -0.2) is 162 Å². The number of nitrogens with zero attached hydrogens (tertiary/aromatic N) is 13. The number of hydrogen-bond acceptors (Lipinski definition) is 16. The van der Waals surface area contributed by atoms with Gasteiger partial charge in [-0.3, -0.25) is 40.7 Å². The molecule has 8 heterocycles. The molecule has 4 saturated heterocycles. The van der Waals surface area contributed by atoms with E-state index in [0.29, 0.717) is 69.8 Å². The molecule has 0 N–H and O–H groups in total. The normalized spacial score (nSPS) is 16.4. The van der Waals surface area contributed by atoms with Gasteiger partial charge in [0.15, 0.2) is 0 Å². The smallest absolute Gasteiger partial charge is 0.264 e. The van der Waals surface area contributed by atoms with Crippen LogP contribution in [0.1, 0.15) is 162 Å². The van der Waals surface area contributed by atoms with Crippen molar-refractivity contribution >= 4 is 112 Å². The van der Waals surface area contributed by atoms with E-state index in [1.165, 1.54) is 41.7 Å². The van der Waals surface area contributed by atoms with E-state index < -0.39 is 45.9 Å². The molecular weight excluding hydrogens is 1710 g/mol. The minimum atomic E-state index is -3.88. The third-order valence-electron chi connectivity index (χ3n) is 25.3. The van der Waals surface area contributed by atoms with Crippen molar-refractivity contribution in [3.05, 3.63) is 217 Å². The molecule has 5 fully saturated rings. The van der Waals surface area contributed by atoms with E-state index in [2.05, 4.69) is 41.2 Å². The summed E-state index contributed by atoms with van der Waals surface area (Å²) in [5.74, 6) is 1.65. The third kappa shape index (κ3) is 22.4. The number of aromatic nitrogens is 8. The minimum absolute atomic E-state index is 0.0272. The number of carbonyl (C=O) groups excluding carboxylic acids is 1. The number of carbonyl (C=O) groups is 1. The lowest BCUT2D eigenvalue weighted by Crippen LogP contribution is -2.44. The number of aryl methyl sites for hydroxylation is 4. The molecule has 1 unspecified atom stereocenters. The lowest BCUT2D eigenvalue weighted by molar-refractivity contribution is -0.127. The van der Waals surface area contributed by atoms with Crippen molar-refractivity contribution in [1.82, 2.24) is 44.0 Å². The van der Waals surface area contributed by atoms with Gasteiger partial charge in [0.25, 0.3) is 40.1 Å². The van der Waals surface area contributed by atoms with E-state index in [-0.39, 0.29) is 52.1 Å². The largest absolute Gasteiger partial charge is 0.381 e. The highest BCUT2D eigenvalue weighted by Crippen LogP contribution is 2.39. The lowest BCUT2D eigenvalue weighted by Gasteiger charge is -2.38. The Kier molecular flexibility index (Phi) is 30.9. The van der Waals surface area contributed by atoms with Crippen LogP contribution < -0.4 is 17.2 Å². The molecule has 5 aliphatic rings. The van der Waals surface area contributed by atoms with E-state index in [1.807, 2.05) is 162 Å². The lowest BCUT2D eigenvalue weighted by atomic mass is 9.93. The molecule has 1 atom stereocenters. The first kappa shape index (κ1) is 95.0. The van der Waals surface area contributed by atoms with Crippen LogP contribution in [0.15, 0.2) is 208 Å². The van der Waals surface area contributed by atoms with Crippen LogP contribution >= 0.6 is 0 Å². The van der Waals surface area contributed by atoms with Gasteiger partial charge >= 0.3 is 0 Å². The monoisotopic (exact) mass is 1840 g/mol. The Morgan fingerprint density at radius 3 is 1.12 bits per heavy atom. The predicted octanol–water partition coefficient (Wildman–Crippen LogP) is 18.7. The Balaban J connectivity index is 0.000000139. The second-order valence-corrected chi connectivity index (χ2v) is 43.6. The number of fused-ring (bicyclic) bond motifs is 4. The molecule has 25 nitrogen and oxygen atoms in total. The number of amides is 1. The molecule has 4 aromatic heterocycles. The van der Waals surface area contributed by atoms with Gasteiger partial charge in [0.2, 0.25) is 5.91 Å². The maximum absolute atomic E-state index is 14.0. The van der Waals surface area contributed by atoms with Gasteiger partial charge in [0, 0.05) is 127 Å². The zero-order chi connectivity index (χ0) is 91.5. The maximum Gasteiger partial charge on any atom is 0.264 e. The van der Waals surface area contributed by atoms with Crippen LogP contribution in [0.4, 0.5) is 27.1 Å². The molecule has 0 bridgehead atoms. The van der Waals surface area contributed by atoms with Crippen molar-refractivity contribution in [1.29, 1.82) is 0 Å². The molecule has 0 spiro atoms. The number of likely N-dealkylation sites (tertiary alicyclic amines) is 1. The Bertz CT molecular complexity index is 6300. The van der Waals surface area contributed by atoms with Crippen LogP contribution in [0.5, 0.6) is 0 Å². The Morgan fingerprint density at radius 2 is 0.767 bits per heavy atom. The molecule has 1 aliphatic carbocycles. The fourth-order valence-corrected chi connectivity index (χ4v) is 24.3. The zero-order valence-electron chi connectivity index (χ0n) is 76.3. The molecule has 0 radical (unpaired) electrons. The van der Waals surface area contributed by atoms with Crippen molar-refractivity contribution in [2.75, 3.05) is 89.6 Å². The highest BCUT2D eigenvalue weighted by atomic mass is 32.2. The van der Waals surface area contributed by atoms with E-state index in [9.17, 15) is 42.9 Å². The van der Waals surface area contributed by atoms with Gasteiger partial charge in [0.05, 0.1) is 95.2 Å². The molecule has 30 heteroatoms. The quantitative estimate of drug-likeness (QED) is 0.0421. The van der Waals surface area contributed by atoms with Gasteiger partial charge in [-0.25, -0.2) is 38.1 Å². The molecule has 129 heavy (non-hydrogen) atoms. The van der Waals surface area contributed by atoms with E-state index in [1.54, 1.807) is 97.5 Å². The molecular formula is C99H126FN13O12S4. The van der Waals surface area contributed by atoms with E-state index in [4.69, 9.17) is 14.2 Å². The van der Waals surface area contributed by atoms with Gasteiger partial charge in [-0.1, -0.05) is 105 Å². The predicted molar refractivity (Wildman–Crippen MR) is 509 cm³/mol. The molecule has 4 aliphatic heterocycles. The summed E-state index contributed by atoms with van der Waals surface area (Å²) in [5, 5.41) is 21.4. The van der Waals surface area contributed by atoms with E-state index >= 15 is 0 Å². The van der Waals surface area contributed by atoms with Crippen LogP contribution in [-0.2, 0) is 98.0 Å². The number of sulfonamides is 4. The number of hydrogen-bond donors (Lipinski definition) is 0. The topological polar surface area (TPSA) is 269 Å². The molecule has 17 rings (SSSR count). The summed E-state index contributed by atoms with van der Waals surface area (Å²) in [6.07, 6.45) is 19.6. The van der Waals surface area contributed by atoms with Crippen molar-refractivity contribution in [2.24, 2.45) is 35.5 Å². The summed E-state index contributed by atoms with van der Waals surface area (Å²) in [4.78, 5) is 14.6. The Labute approximate surface area is 761 Å². The number of ether oxygens (including phenoxy) is 3. The second kappa shape index (κ2) is 42.0. The standard InChI is InChI=1S/C25H32N4O3S.C25H31N3O3S.C25H33N3O3S.C24H30FN3O3S/c1-5-20-6-8-22(9-7-20)28(16-18(2)3)33(31,32)24-10-11-25-21(14-24)15-26-29(25)23-12-13-27(17-23)19(4)30;1-2-19-6-8-23(9-7-19)28(22-4-3-5-22)32(29,30)24-10-11-25-21(16-24)17-26-27(25)18-20-12-14-31-15-13-20;1-4-20-5-7-23(8-6-20)28(17-19(2)3)32(29,30)24-9-10-25-22(15-24)16-26-27(25)18-21-11-13-31-14-12-21;1-17(2)15-28(24-13-21(25)5-4-18(24)3)32(29,30)22-6-7-23-20(12-22)14-26-27(23)16-19-8-10-31-11-9-19/h6-11,14-15,18,23H,5,12-13,16-17H2,1-4H3;6-11,16-17,20,22H,2-5,12-15,18H2,1H3;5-10,15-16,19,21H,4,11-14,17-18H2,1-3H3;4-7,12-14,17,19H,8-11,15-16H2,1-3H3. The summed E-state index contributed by atoms with van der Waals surface area (Å²) in [6, 6.07) is 49.0.